The Kier molecular flexibility index (Phi) is 4.94. The van der Waals surface area contributed by atoms with E-state index >= 15 is 0 Å². The van der Waals surface area contributed by atoms with E-state index in [0.29, 0.717) is 0 Å². The number of halogens is 3. The normalized spacial score (nSPS) is 11.1. The molecule has 0 aliphatic carbocycles. The minimum Gasteiger partial charge on any atom is -0.485 e. The molecule has 2 aromatic rings. The largest absolute Gasteiger partial charge is 0.573 e. The van der Waals surface area contributed by atoms with E-state index in [9.17, 15) is 13.2 Å². The molecule has 0 radical (unpaired) electrons. The highest BCUT2D eigenvalue weighted by molar-refractivity contribution is 6.58. The minimum atomic E-state index is -4.91. The molecule has 0 saturated heterocycles. The first-order valence-corrected chi connectivity index (χ1v) is 6.28. The second-order valence-corrected chi connectivity index (χ2v) is 4.40. The maximum atomic E-state index is 12.4. The van der Waals surface area contributed by atoms with Crippen molar-refractivity contribution in [2.24, 2.45) is 0 Å². The van der Waals surface area contributed by atoms with Crippen LogP contribution in [0.15, 0.2) is 48.5 Å². The summed E-state index contributed by atoms with van der Waals surface area (Å²) in [4.78, 5) is 0. The summed E-state index contributed by atoms with van der Waals surface area (Å²) < 4.78 is 46.4. The third-order valence-corrected chi connectivity index (χ3v) is 2.73. The van der Waals surface area contributed by atoms with Crippen molar-refractivity contribution in [2.75, 3.05) is 0 Å². The molecule has 8 heteroatoms. The van der Waals surface area contributed by atoms with Gasteiger partial charge < -0.3 is 19.5 Å². The zero-order valence-electron chi connectivity index (χ0n) is 11.2. The molecule has 0 fully saturated rings. The van der Waals surface area contributed by atoms with Crippen LogP contribution in [-0.2, 0) is 6.61 Å². The third kappa shape index (κ3) is 4.68. The van der Waals surface area contributed by atoms with Gasteiger partial charge in [0, 0.05) is 0 Å². The van der Waals surface area contributed by atoms with Crippen LogP contribution in [-0.4, -0.2) is 23.5 Å². The third-order valence-electron chi connectivity index (χ3n) is 2.73. The van der Waals surface area contributed by atoms with Crippen LogP contribution in [0.5, 0.6) is 11.5 Å². The molecule has 4 nitrogen and oxygen atoms in total. The van der Waals surface area contributed by atoms with Crippen molar-refractivity contribution in [1.82, 2.24) is 0 Å². The maximum absolute atomic E-state index is 12.4. The van der Waals surface area contributed by atoms with Gasteiger partial charge in [-0.1, -0.05) is 36.4 Å². The van der Waals surface area contributed by atoms with Gasteiger partial charge in [0.2, 0.25) is 0 Å². The minimum absolute atomic E-state index is 0.0517. The Morgan fingerprint density at radius 1 is 0.955 bits per heavy atom. The van der Waals surface area contributed by atoms with E-state index in [1.54, 1.807) is 30.3 Å². The zero-order valence-corrected chi connectivity index (χ0v) is 11.2. The highest BCUT2D eigenvalue weighted by atomic mass is 19.4. The Morgan fingerprint density at radius 3 is 2.23 bits per heavy atom. The number of rotatable bonds is 5. The summed E-state index contributed by atoms with van der Waals surface area (Å²) in [5.74, 6) is -0.778. The summed E-state index contributed by atoms with van der Waals surface area (Å²) in [5, 5.41) is 18.0. The molecule has 0 aromatic heterocycles. The van der Waals surface area contributed by atoms with Crippen LogP contribution in [0.25, 0.3) is 0 Å². The second-order valence-electron chi connectivity index (χ2n) is 4.40. The van der Waals surface area contributed by atoms with E-state index in [2.05, 4.69) is 4.74 Å². The lowest BCUT2D eigenvalue weighted by Crippen LogP contribution is -2.30. The van der Waals surface area contributed by atoms with Crippen LogP contribution >= 0.6 is 0 Å². The van der Waals surface area contributed by atoms with Crippen molar-refractivity contribution >= 4 is 12.6 Å². The Labute approximate surface area is 124 Å². The smallest absolute Gasteiger partial charge is 0.485 e. The van der Waals surface area contributed by atoms with E-state index in [0.717, 1.165) is 11.6 Å². The van der Waals surface area contributed by atoms with Gasteiger partial charge in [0.05, 0.1) is 0 Å². The fourth-order valence-corrected chi connectivity index (χ4v) is 1.74. The highest BCUT2D eigenvalue weighted by Gasteiger charge is 2.33. The summed E-state index contributed by atoms with van der Waals surface area (Å²) in [6.45, 7) is 0.0517. The fourth-order valence-electron chi connectivity index (χ4n) is 1.74. The van der Waals surface area contributed by atoms with E-state index in [4.69, 9.17) is 14.8 Å². The fraction of sp³-hybridized carbons (Fsp3) is 0.143. The molecule has 2 aromatic carbocycles. The van der Waals surface area contributed by atoms with Gasteiger partial charge >= 0.3 is 13.5 Å². The van der Waals surface area contributed by atoms with Crippen LogP contribution in [0.2, 0.25) is 0 Å². The lowest BCUT2D eigenvalue weighted by Gasteiger charge is -2.15. The number of benzene rings is 2. The van der Waals surface area contributed by atoms with Crippen LogP contribution < -0.4 is 14.9 Å². The molecule has 0 saturated carbocycles. The molecular weight excluding hydrogens is 300 g/mol. The van der Waals surface area contributed by atoms with E-state index < -0.39 is 19.2 Å². The molecule has 0 unspecified atom stereocenters. The monoisotopic (exact) mass is 312 g/mol. The molecule has 0 bridgehead atoms. The molecule has 2 rings (SSSR count). The predicted molar refractivity (Wildman–Crippen MR) is 73.7 cm³/mol. The second kappa shape index (κ2) is 6.72. The van der Waals surface area contributed by atoms with E-state index in [1.165, 1.54) is 12.1 Å². The Morgan fingerprint density at radius 2 is 1.64 bits per heavy atom. The average molecular weight is 312 g/mol. The first kappa shape index (κ1) is 16.2. The lowest BCUT2D eigenvalue weighted by molar-refractivity contribution is -0.275. The first-order chi connectivity index (χ1) is 10.3. The van der Waals surface area contributed by atoms with Crippen molar-refractivity contribution in [2.45, 2.75) is 13.0 Å². The van der Waals surface area contributed by atoms with Gasteiger partial charge in [-0.2, -0.15) is 0 Å². The van der Waals surface area contributed by atoms with Crippen LogP contribution in [0.4, 0.5) is 13.2 Å². The maximum Gasteiger partial charge on any atom is 0.573 e. The molecule has 0 amide bonds. The molecule has 0 spiro atoms. The Bertz CT molecular complexity index is 617. The average Bonchev–Trinajstić information content (AvgIpc) is 2.45. The first-order valence-electron chi connectivity index (χ1n) is 6.28. The summed E-state index contributed by atoms with van der Waals surface area (Å²) in [5.41, 5.74) is 0.637. The van der Waals surface area contributed by atoms with Gasteiger partial charge in [0.1, 0.15) is 6.61 Å². The topological polar surface area (TPSA) is 58.9 Å². The predicted octanol–water partition coefficient (Wildman–Crippen LogP) is 1.84. The molecule has 0 aliphatic rings. The van der Waals surface area contributed by atoms with Gasteiger partial charge in [-0.3, -0.25) is 0 Å². The van der Waals surface area contributed by atoms with Crippen LogP contribution in [0, 0.1) is 0 Å². The Hall–Kier alpha value is -2.19. The van der Waals surface area contributed by atoms with E-state index in [-0.39, 0.29) is 17.8 Å². The van der Waals surface area contributed by atoms with Crippen molar-refractivity contribution in [3.8, 4) is 11.5 Å². The van der Waals surface area contributed by atoms with Gasteiger partial charge in [0.25, 0.3) is 0 Å². The number of ether oxygens (including phenoxy) is 2. The summed E-state index contributed by atoms with van der Waals surface area (Å²) in [7, 11) is -1.90. The molecule has 2 N–H and O–H groups in total. The van der Waals surface area contributed by atoms with E-state index in [1.807, 2.05) is 0 Å². The summed E-state index contributed by atoms with van der Waals surface area (Å²) in [6.07, 6.45) is -4.91. The van der Waals surface area contributed by atoms with Crippen LogP contribution in [0.1, 0.15) is 5.56 Å². The van der Waals surface area contributed by atoms with Crippen molar-refractivity contribution in [3.63, 3.8) is 0 Å². The van der Waals surface area contributed by atoms with Crippen molar-refractivity contribution in [3.05, 3.63) is 54.1 Å². The molecule has 22 heavy (non-hydrogen) atoms. The summed E-state index contributed by atoms with van der Waals surface area (Å²) in [6, 6.07) is 12.2. The quantitative estimate of drug-likeness (QED) is 0.827. The number of hydrogen-bond acceptors (Lipinski definition) is 4. The van der Waals surface area contributed by atoms with Gasteiger partial charge in [-0.15, -0.1) is 13.2 Å². The molecular formula is C14H12BF3O4. The molecule has 0 heterocycles. The molecule has 116 valence electrons. The van der Waals surface area contributed by atoms with Crippen LogP contribution in [0.3, 0.4) is 0 Å². The SMILES string of the molecule is OB(O)c1ccc(OCc2ccccc2)c(OC(F)(F)F)c1. The standard InChI is InChI=1S/C14H12BF3O4/c16-14(17,18)22-13-8-11(15(19)20)6-7-12(13)21-9-10-4-2-1-3-5-10/h1-8,19-20H,9H2. The Balaban J connectivity index is 2.21. The zero-order chi connectivity index (χ0) is 16.2. The van der Waals surface area contributed by atoms with Gasteiger partial charge in [-0.25, -0.2) is 0 Å². The molecule has 0 atom stereocenters. The number of hydrogen-bond donors (Lipinski definition) is 2. The van der Waals surface area contributed by atoms with Crippen molar-refractivity contribution in [1.29, 1.82) is 0 Å². The van der Waals surface area contributed by atoms with Crippen molar-refractivity contribution < 1.29 is 32.7 Å². The lowest BCUT2D eigenvalue weighted by atomic mass is 9.80. The summed E-state index contributed by atoms with van der Waals surface area (Å²) >= 11 is 0. The van der Waals surface area contributed by atoms with Gasteiger partial charge in [0.15, 0.2) is 11.5 Å². The van der Waals surface area contributed by atoms with Gasteiger partial charge in [-0.05, 0) is 23.2 Å². The highest BCUT2D eigenvalue weighted by Crippen LogP contribution is 2.31. The number of alkyl halides is 3. The molecule has 0 aliphatic heterocycles.